The van der Waals surface area contributed by atoms with Crippen LogP contribution in [0.25, 0.3) is 5.69 Å². The fraction of sp³-hybridized carbons (Fsp3) is 0.429. The predicted molar refractivity (Wildman–Crippen MR) is 79.1 cm³/mol. The number of piperazine rings is 1. The Kier molecular flexibility index (Phi) is 4.00. The lowest BCUT2D eigenvalue weighted by Crippen LogP contribution is -2.49. The van der Waals surface area contributed by atoms with Crippen LogP contribution in [0, 0.1) is 0 Å². The highest BCUT2D eigenvalue weighted by molar-refractivity contribution is 6.30. The molecule has 0 amide bonds. The van der Waals surface area contributed by atoms with Crippen LogP contribution < -0.4 is 5.32 Å². The first-order valence-corrected chi connectivity index (χ1v) is 7.20. The van der Waals surface area contributed by atoms with E-state index >= 15 is 0 Å². The molecule has 0 aliphatic carbocycles. The summed E-state index contributed by atoms with van der Waals surface area (Å²) < 4.78 is 1.77. The Hall–Kier alpha value is -1.43. The molecule has 106 valence electrons. The van der Waals surface area contributed by atoms with Crippen molar-refractivity contribution in [2.24, 2.45) is 0 Å². The summed E-state index contributed by atoms with van der Waals surface area (Å²) >= 11 is 6.12. The van der Waals surface area contributed by atoms with Gasteiger partial charge in [0.05, 0.1) is 5.69 Å². The van der Waals surface area contributed by atoms with Crippen molar-refractivity contribution in [2.75, 3.05) is 19.6 Å². The lowest BCUT2D eigenvalue weighted by Gasteiger charge is -2.34. The second-order valence-electron chi connectivity index (χ2n) is 5.14. The van der Waals surface area contributed by atoms with Gasteiger partial charge in [0.1, 0.15) is 12.7 Å². The number of hydrogen-bond acceptors (Lipinski definition) is 4. The molecule has 2 aromatic rings. The molecule has 1 saturated heterocycles. The van der Waals surface area contributed by atoms with Gasteiger partial charge in [-0.3, -0.25) is 4.90 Å². The summed E-state index contributed by atoms with van der Waals surface area (Å²) in [4.78, 5) is 6.49. The lowest BCUT2D eigenvalue weighted by molar-refractivity contribution is 0.165. The predicted octanol–water partition coefficient (Wildman–Crippen LogP) is 1.71. The standard InChI is InChI=1S/C14H18ClN5/c1-11-7-16-4-5-19(11)8-12-2-3-13(15)6-14(12)20-10-17-9-18-20/h2-3,6,9-11,16H,4-5,7-8H2,1H3. The second-order valence-corrected chi connectivity index (χ2v) is 5.57. The molecule has 1 aromatic carbocycles. The normalized spacial score (nSPS) is 20.2. The van der Waals surface area contributed by atoms with Gasteiger partial charge in [-0.25, -0.2) is 9.67 Å². The molecule has 1 N–H and O–H groups in total. The summed E-state index contributed by atoms with van der Waals surface area (Å²) in [5.74, 6) is 0. The molecule has 6 heteroatoms. The summed E-state index contributed by atoms with van der Waals surface area (Å²) in [7, 11) is 0. The van der Waals surface area contributed by atoms with E-state index in [2.05, 4.69) is 33.3 Å². The molecule has 3 rings (SSSR count). The van der Waals surface area contributed by atoms with Crippen LogP contribution in [-0.4, -0.2) is 45.3 Å². The van der Waals surface area contributed by atoms with Gasteiger partial charge in [-0.15, -0.1) is 0 Å². The van der Waals surface area contributed by atoms with Crippen molar-refractivity contribution in [1.29, 1.82) is 0 Å². The molecule has 1 aliphatic rings. The summed E-state index contributed by atoms with van der Waals surface area (Å²) in [6, 6.07) is 6.49. The molecule has 0 saturated carbocycles. The third kappa shape index (κ3) is 2.85. The molecule has 1 unspecified atom stereocenters. The maximum absolute atomic E-state index is 6.12. The largest absolute Gasteiger partial charge is 0.314 e. The van der Waals surface area contributed by atoms with Crippen molar-refractivity contribution in [1.82, 2.24) is 25.0 Å². The molecule has 20 heavy (non-hydrogen) atoms. The van der Waals surface area contributed by atoms with E-state index in [1.54, 1.807) is 11.0 Å². The van der Waals surface area contributed by atoms with E-state index in [-0.39, 0.29) is 0 Å². The highest BCUT2D eigenvalue weighted by Gasteiger charge is 2.19. The van der Waals surface area contributed by atoms with Crippen LogP contribution in [0.4, 0.5) is 0 Å². The van der Waals surface area contributed by atoms with Crippen LogP contribution in [-0.2, 0) is 6.54 Å². The third-order valence-electron chi connectivity index (χ3n) is 3.73. The molecule has 1 fully saturated rings. The molecule has 0 bridgehead atoms. The van der Waals surface area contributed by atoms with Crippen molar-refractivity contribution in [2.45, 2.75) is 19.5 Å². The molecule has 1 aliphatic heterocycles. The molecule has 2 heterocycles. The van der Waals surface area contributed by atoms with E-state index < -0.39 is 0 Å². The van der Waals surface area contributed by atoms with E-state index in [1.165, 1.54) is 11.9 Å². The summed E-state index contributed by atoms with van der Waals surface area (Å²) in [5.41, 5.74) is 2.22. The van der Waals surface area contributed by atoms with Crippen molar-refractivity contribution in [3.8, 4) is 5.69 Å². The Bertz CT molecular complexity index is 569. The van der Waals surface area contributed by atoms with Gasteiger partial charge in [0.2, 0.25) is 0 Å². The minimum atomic E-state index is 0.531. The molecule has 0 spiro atoms. The van der Waals surface area contributed by atoms with Gasteiger partial charge in [0.15, 0.2) is 0 Å². The van der Waals surface area contributed by atoms with Crippen molar-refractivity contribution >= 4 is 11.6 Å². The highest BCUT2D eigenvalue weighted by atomic mass is 35.5. The summed E-state index contributed by atoms with van der Waals surface area (Å²) in [6.45, 7) is 6.27. The fourth-order valence-corrected chi connectivity index (χ4v) is 2.72. The number of benzene rings is 1. The lowest BCUT2D eigenvalue weighted by atomic mass is 10.1. The topological polar surface area (TPSA) is 46.0 Å². The number of rotatable bonds is 3. The van der Waals surface area contributed by atoms with E-state index in [1.807, 2.05) is 12.1 Å². The summed E-state index contributed by atoms with van der Waals surface area (Å²) in [6.07, 6.45) is 3.24. The first kappa shape index (κ1) is 13.5. The van der Waals surface area contributed by atoms with Crippen LogP contribution in [0.2, 0.25) is 5.02 Å². The van der Waals surface area contributed by atoms with E-state index in [0.29, 0.717) is 11.1 Å². The van der Waals surface area contributed by atoms with E-state index in [4.69, 9.17) is 11.6 Å². The SMILES string of the molecule is CC1CNCCN1Cc1ccc(Cl)cc1-n1cncn1. The first-order valence-electron chi connectivity index (χ1n) is 6.82. The van der Waals surface area contributed by atoms with Gasteiger partial charge < -0.3 is 5.32 Å². The van der Waals surface area contributed by atoms with Crippen molar-refractivity contribution < 1.29 is 0 Å². The van der Waals surface area contributed by atoms with Gasteiger partial charge in [0, 0.05) is 37.2 Å². The zero-order valence-electron chi connectivity index (χ0n) is 11.5. The second kappa shape index (κ2) is 5.91. The van der Waals surface area contributed by atoms with Crippen molar-refractivity contribution in [3.63, 3.8) is 0 Å². The number of nitrogens with one attached hydrogen (secondary N) is 1. The van der Waals surface area contributed by atoms with Gasteiger partial charge in [-0.05, 0) is 24.6 Å². The molecular weight excluding hydrogens is 274 g/mol. The third-order valence-corrected chi connectivity index (χ3v) is 3.96. The maximum Gasteiger partial charge on any atom is 0.138 e. The number of nitrogens with zero attached hydrogens (tertiary/aromatic N) is 4. The van der Waals surface area contributed by atoms with Crippen LogP contribution in [0.3, 0.4) is 0 Å². The van der Waals surface area contributed by atoms with Gasteiger partial charge in [-0.1, -0.05) is 17.7 Å². The number of aromatic nitrogens is 3. The number of halogens is 1. The smallest absolute Gasteiger partial charge is 0.138 e. The maximum atomic E-state index is 6.12. The van der Waals surface area contributed by atoms with Crippen LogP contribution >= 0.6 is 11.6 Å². The Labute approximate surface area is 123 Å². The highest BCUT2D eigenvalue weighted by Crippen LogP contribution is 2.21. The van der Waals surface area contributed by atoms with Crippen LogP contribution in [0.5, 0.6) is 0 Å². The van der Waals surface area contributed by atoms with Gasteiger partial charge >= 0.3 is 0 Å². The van der Waals surface area contributed by atoms with Gasteiger partial charge in [-0.2, -0.15) is 5.10 Å². The molecule has 0 radical (unpaired) electrons. The Balaban J connectivity index is 1.89. The van der Waals surface area contributed by atoms with Crippen molar-refractivity contribution in [3.05, 3.63) is 41.4 Å². The zero-order valence-corrected chi connectivity index (χ0v) is 12.2. The van der Waals surface area contributed by atoms with Gasteiger partial charge in [0.25, 0.3) is 0 Å². The molecule has 1 aromatic heterocycles. The fourth-order valence-electron chi connectivity index (χ4n) is 2.55. The molecule has 5 nitrogen and oxygen atoms in total. The average molecular weight is 292 g/mol. The molecule has 1 atom stereocenters. The Morgan fingerprint density at radius 3 is 3.10 bits per heavy atom. The van der Waals surface area contributed by atoms with Crippen LogP contribution in [0.1, 0.15) is 12.5 Å². The van der Waals surface area contributed by atoms with E-state index in [0.717, 1.165) is 31.9 Å². The quantitative estimate of drug-likeness (QED) is 0.935. The average Bonchev–Trinajstić information content (AvgIpc) is 2.97. The first-order chi connectivity index (χ1) is 9.74. The number of hydrogen-bond donors (Lipinski definition) is 1. The minimum Gasteiger partial charge on any atom is -0.314 e. The summed E-state index contributed by atoms with van der Waals surface area (Å²) in [5, 5.41) is 8.34. The monoisotopic (exact) mass is 291 g/mol. The molecular formula is C14H18ClN5. The van der Waals surface area contributed by atoms with Crippen LogP contribution in [0.15, 0.2) is 30.9 Å². The Morgan fingerprint density at radius 1 is 1.45 bits per heavy atom. The zero-order chi connectivity index (χ0) is 13.9. The minimum absolute atomic E-state index is 0.531. The van der Waals surface area contributed by atoms with E-state index in [9.17, 15) is 0 Å². The Morgan fingerprint density at radius 2 is 2.35 bits per heavy atom.